The number of nitrogens with two attached hydrogens (primary N) is 1. The van der Waals surface area contributed by atoms with Gasteiger partial charge in [-0.15, -0.1) is 0 Å². The second-order valence-electron chi connectivity index (χ2n) is 14.1. The first-order valence-electron chi connectivity index (χ1n) is 21.2. The van der Waals surface area contributed by atoms with Crippen LogP contribution in [0.3, 0.4) is 0 Å². The molecule has 0 aromatic heterocycles. The first kappa shape index (κ1) is 51.9. The minimum atomic E-state index is -4.40. The zero-order valence-corrected chi connectivity index (χ0v) is 35.0. The standard InChI is InChI=1S/C43H78NO9P/c1-3-5-7-9-11-12-13-14-15-16-17-18-22-26-30-34-42(46)50-38-41(39-52-54(48,49)51-37-36-44)53-43(47)35-31-27-23-20-19-21-25-29-33-40(45)32-28-24-10-8-6-4-2/h20-21,23-25,28-29,33,40-41,45H,3-19,22,26-27,30-32,34-39,44H2,1-2H3,(H,48,49)/b23-20-,25-21-,28-24-,33-29+/t40-,41+/m0/s1. The van der Waals surface area contributed by atoms with Gasteiger partial charge in [-0.05, 0) is 44.9 Å². The van der Waals surface area contributed by atoms with E-state index in [1.165, 1.54) is 96.3 Å². The molecule has 11 heteroatoms. The van der Waals surface area contributed by atoms with Gasteiger partial charge in [0.2, 0.25) is 0 Å². The van der Waals surface area contributed by atoms with Crippen molar-refractivity contribution in [3.63, 3.8) is 0 Å². The number of esters is 2. The molecule has 10 nitrogen and oxygen atoms in total. The van der Waals surface area contributed by atoms with Crippen molar-refractivity contribution in [1.29, 1.82) is 0 Å². The van der Waals surface area contributed by atoms with Crippen LogP contribution in [0.4, 0.5) is 0 Å². The van der Waals surface area contributed by atoms with Crippen molar-refractivity contribution in [1.82, 2.24) is 0 Å². The lowest BCUT2D eigenvalue weighted by molar-refractivity contribution is -0.161. The van der Waals surface area contributed by atoms with Gasteiger partial charge in [-0.25, -0.2) is 4.57 Å². The van der Waals surface area contributed by atoms with Gasteiger partial charge in [-0.3, -0.25) is 18.6 Å². The van der Waals surface area contributed by atoms with E-state index in [4.69, 9.17) is 24.3 Å². The topological polar surface area (TPSA) is 155 Å². The van der Waals surface area contributed by atoms with E-state index < -0.39 is 38.6 Å². The van der Waals surface area contributed by atoms with Crippen LogP contribution < -0.4 is 5.73 Å². The third kappa shape index (κ3) is 38.2. The molecule has 314 valence electrons. The molecule has 0 fully saturated rings. The van der Waals surface area contributed by atoms with Crippen LogP contribution in [0.2, 0.25) is 0 Å². The molecule has 0 aliphatic rings. The lowest BCUT2D eigenvalue weighted by Gasteiger charge is -2.19. The average Bonchev–Trinajstić information content (AvgIpc) is 3.15. The first-order chi connectivity index (χ1) is 26.2. The fourth-order valence-electron chi connectivity index (χ4n) is 5.59. The maximum atomic E-state index is 12.5. The number of aliphatic hydroxyl groups is 1. The van der Waals surface area contributed by atoms with Crippen LogP contribution in [0.5, 0.6) is 0 Å². The molecule has 0 aliphatic carbocycles. The van der Waals surface area contributed by atoms with Crippen LogP contribution in [-0.2, 0) is 32.7 Å². The van der Waals surface area contributed by atoms with Gasteiger partial charge in [0.1, 0.15) is 6.61 Å². The number of hydrogen-bond acceptors (Lipinski definition) is 9. The average molecular weight is 784 g/mol. The quantitative estimate of drug-likeness (QED) is 0.0180. The third-order valence-corrected chi connectivity index (χ3v) is 9.78. The van der Waals surface area contributed by atoms with Crippen molar-refractivity contribution in [2.75, 3.05) is 26.4 Å². The van der Waals surface area contributed by atoms with Crippen LogP contribution in [-0.4, -0.2) is 60.5 Å². The maximum absolute atomic E-state index is 12.5. The molecule has 0 rings (SSSR count). The van der Waals surface area contributed by atoms with Crippen LogP contribution >= 0.6 is 7.82 Å². The highest BCUT2D eigenvalue weighted by Gasteiger charge is 2.25. The van der Waals surface area contributed by atoms with Crippen LogP contribution in [0.25, 0.3) is 0 Å². The summed E-state index contributed by atoms with van der Waals surface area (Å²) in [6.07, 6.45) is 40.3. The molecule has 0 radical (unpaired) electrons. The molecule has 0 heterocycles. The van der Waals surface area contributed by atoms with Crippen molar-refractivity contribution >= 4 is 19.8 Å². The normalized spacial score (nSPS) is 14.4. The highest BCUT2D eigenvalue weighted by atomic mass is 31.2. The van der Waals surface area contributed by atoms with Crippen LogP contribution in [0.1, 0.15) is 174 Å². The van der Waals surface area contributed by atoms with E-state index in [9.17, 15) is 24.2 Å². The molecule has 54 heavy (non-hydrogen) atoms. The first-order valence-corrected chi connectivity index (χ1v) is 22.7. The smallest absolute Gasteiger partial charge is 0.462 e. The largest absolute Gasteiger partial charge is 0.472 e. The molecule has 1 unspecified atom stereocenters. The summed E-state index contributed by atoms with van der Waals surface area (Å²) >= 11 is 0. The second-order valence-corrected chi connectivity index (χ2v) is 15.5. The van der Waals surface area contributed by atoms with E-state index in [2.05, 4.69) is 19.9 Å². The molecule has 0 amide bonds. The summed E-state index contributed by atoms with van der Waals surface area (Å²) < 4.78 is 32.6. The summed E-state index contributed by atoms with van der Waals surface area (Å²) in [5.41, 5.74) is 5.33. The van der Waals surface area contributed by atoms with Gasteiger partial charge < -0.3 is 25.2 Å². The Morgan fingerprint density at radius 3 is 1.83 bits per heavy atom. The number of allylic oxidation sites excluding steroid dienone is 6. The van der Waals surface area contributed by atoms with Gasteiger partial charge in [0.05, 0.1) is 19.3 Å². The lowest BCUT2D eigenvalue weighted by atomic mass is 10.0. The molecule has 3 atom stereocenters. The summed E-state index contributed by atoms with van der Waals surface area (Å²) in [5, 5.41) is 10.0. The van der Waals surface area contributed by atoms with E-state index >= 15 is 0 Å². The fourth-order valence-corrected chi connectivity index (χ4v) is 6.36. The van der Waals surface area contributed by atoms with Crippen molar-refractivity contribution in [3.8, 4) is 0 Å². The fraction of sp³-hybridized carbons (Fsp3) is 0.767. The van der Waals surface area contributed by atoms with E-state index in [0.29, 0.717) is 19.3 Å². The Hall–Kier alpha value is -2.07. The number of phosphoric ester groups is 1. The van der Waals surface area contributed by atoms with Crippen molar-refractivity contribution in [2.45, 2.75) is 187 Å². The summed E-state index contributed by atoms with van der Waals surface area (Å²) in [4.78, 5) is 34.8. The number of rotatable bonds is 39. The third-order valence-electron chi connectivity index (χ3n) is 8.80. The van der Waals surface area contributed by atoms with E-state index in [1.54, 1.807) is 6.08 Å². The van der Waals surface area contributed by atoms with Gasteiger partial charge in [-0.2, -0.15) is 0 Å². The molecular weight excluding hydrogens is 705 g/mol. The molecule has 4 N–H and O–H groups in total. The zero-order chi connectivity index (χ0) is 39.8. The summed E-state index contributed by atoms with van der Waals surface area (Å²) in [7, 11) is -4.40. The molecule has 0 bridgehead atoms. The number of hydrogen-bond donors (Lipinski definition) is 3. The monoisotopic (exact) mass is 784 g/mol. The Bertz CT molecular complexity index is 1050. The highest BCUT2D eigenvalue weighted by molar-refractivity contribution is 7.47. The van der Waals surface area contributed by atoms with E-state index in [1.807, 2.05) is 36.5 Å². The molecule has 0 saturated carbocycles. The minimum absolute atomic E-state index is 0.0343. The van der Waals surface area contributed by atoms with Crippen molar-refractivity contribution in [2.24, 2.45) is 5.73 Å². The predicted octanol–water partition coefficient (Wildman–Crippen LogP) is 10.9. The Labute approximate surface area is 329 Å². The number of ether oxygens (including phenoxy) is 2. The molecule has 0 aliphatic heterocycles. The number of carbonyl (C=O) groups excluding carboxylic acids is 2. The van der Waals surface area contributed by atoms with E-state index in [0.717, 1.165) is 32.1 Å². The van der Waals surface area contributed by atoms with Crippen LogP contribution in [0.15, 0.2) is 48.6 Å². The Morgan fingerprint density at radius 2 is 1.20 bits per heavy atom. The Kier molecular flexibility index (Phi) is 37.7. The summed E-state index contributed by atoms with van der Waals surface area (Å²) in [6, 6.07) is 0. The second kappa shape index (κ2) is 39.2. The van der Waals surface area contributed by atoms with Crippen molar-refractivity contribution < 1.29 is 42.7 Å². The highest BCUT2D eigenvalue weighted by Crippen LogP contribution is 2.43. The summed E-state index contributed by atoms with van der Waals surface area (Å²) in [5.74, 6) is -0.931. The molecule has 0 spiro atoms. The SMILES string of the molecule is CCCCC/C=C\C[C@H](O)/C=C/C=C\C/C=C\CCCC(=O)O[C@H](COC(=O)CCCCCCCCCCCCCCCCC)COP(=O)(O)OCCN. The number of aliphatic hydroxyl groups excluding tert-OH is 1. The molecule has 0 aromatic carbocycles. The zero-order valence-electron chi connectivity index (χ0n) is 34.1. The molecular formula is C43H78NO9P. The minimum Gasteiger partial charge on any atom is -0.462 e. The van der Waals surface area contributed by atoms with Gasteiger partial charge in [0.25, 0.3) is 0 Å². The van der Waals surface area contributed by atoms with Gasteiger partial charge in [0, 0.05) is 19.4 Å². The number of unbranched alkanes of at least 4 members (excludes halogenated alkanes) is 18. The maximum Gasteiger partial charge on any atom is 0.472 e. The van der Waals surface area contributed by atoms with Gasteiger partial charge in [-0.1, -0.05) is 165 Å². The number of phosphoric acid groups is 1. The number of carbonyl (C=O) groups is 2. The predicted molar refractivity (Wildman–Crippen MR) is 221 cm³/mol. The van der Waals surface area contributed by atoms with Crippen LogP contribution in [0, 0.1) is 0 Å². The lowest BCUT2D eigenvalue weighted by Crippen LogP contribution is -2.29. The summed E-state index contributed by atoms with van der Waals surface area (Å²) in [6.45, 7) is 3.55. The Morgan fingerprint density at radius 1 is 0.648 bits per heavy atom. The van der Waals surface area contributed by atoms with E-state index in [-0.39, 0.29) is 32.6 Å². The van der Waals surface area contributed by atoms with Crippen molar-refractivity contribution in [3.05, 3.63) is 48.6 Å². The van der Waals surface area contributed by atoms with Gasteiger partial charge >= 0.3 is 19.8 Å². The molecule has 0 saturated heterocycles. The Balaban J connectivity index is 4.33. The van der Waals surface area contributed by atoms with Gasteiger partial charge in [0.15, 0.2) is 6.10 Å². The molecule has 0 aromatic rings.